The van der Waals surface area contributed by atoms with Crippen molar-refractivity contribution in [3.05, 3.63) is 60.5 Å². The van der Waals surface area contributed by atoms with Gasteiger partial charge in [-0.05, 0) is 35.0 Å². The van der Waals surface area contributed by atoms with Crippen LogP contribution in [0.25, 0.3) is 5.69 Å². The van der Waals surface area contributed by atoms with E-state index in [4.69, 9.17) is 10.3 Å². The molecule has 0 aliphatic carbocycles. The molecule has 1 unspecified atom stereocenters. The third-order valence-corrected chi connectivity index (χ3v) is 3.91. The largest absolute Gasteiger partial charge is 0.338 e. The Hall–Kier alpha value is -2.91. The zero-order chi connectivity index (χ0) is 17.6. The highest BCUT2D eigenvalue weighted by Crippen LogP contribution is 2.23. The number of nitrogens with zero attached hydrogens (tertiary/aromatic N) is 7. The molecule has 0 fully saturated rings. The first kappa shape index (κ1) is 16.9. The van der Waals surface area contributed by atoms with E-state index in [2.05, 4.69) is 56.2 Å². The third-order valence-electron chi connectivity index (χ3n) is 3.91. The molecule has 0 spiro atoms. The van der Waals surface area contributed by atoms with Gasteiger partial charge in [-0.2, -0.15) is 4.98 Å². The summed E-state index contributed by atoms with van der Waals surface area (Å²) in [5, 5.41) is 15.3. The molecule has 130 valence electrons. The molecular weight excluding hydrogens is 320 g/mol. The van der Waals surface area contributed by atoms with Gasteiger partial charge >= 0.3 is 0 Å². The van der Waals surface area contributed by atoms with Crippen molar-refractivity contribution in [1.82, 2.24) is 35.2 Å². The van der Waals surface area contributed by atoms with Crippen LogP contribution in [0.15, 0.2) is 47.8 Å². The van der Waals surface area contributed by atoms with Gasteiger partial charge in [-0.15, -0.1) is 11.7 Å². The summed E-state index contributed by atoms with van der Waals surface area (Å²) in [6, 6.07) is 8.16. The van der Waals surface area contributed by atoms with E-state index < -0.39 is 0 Å². The summed E-state index contributed by atoms with van der Waals surface area (Å²) in [6.07, 6.45) is 3.42. The Morgan fingerprint density at radius 3 is 3.00 bits per heavy atom. The Labute approximate surface area is 145 Å². The van der Waals surface area contributed by atoms with Gasteiger partial charge in [0.05, 0.1) is 18.8 Å². The maximum Gasteiger partial charge on any atom is 0.240 e. The summed E-state index contributed by atoms with van der Waals surface area (Å²) in [5.41, 5.74) is 7.55. The molecule has 9 nitrogen and oxygen atoms in total. The van der Waals surface area contributed by atoms with Gasteiger partial charge in [0.2, 0.25) is 5.89 Å². The summed E-state index contributed by atoms with van der Waals surface area (Å²) in [5.74, 6) is 1.03. The second kappa shape index (κ2) is 7.77. The van der Waals surface area contributed by atoms with Gasteiger partial charge in [0.25, 0.3) is 0 Å². The van der Waals surface area contributed by atoms with Crippen LogP contribution in [0.4, 0.5) is 0 Å². The standard InChI is InChI=1S/C16H20N8O/c1-3-7-23(10-15-19-16(9-17)25-20-15)12(2)13-5-4-6-14(8-13)24-11-18-21-22-24/h3-6,8,11-12H,1,7,9-10,17H2,2H3. The predicted octanol–water partition coefficient (Wildman–Crippen LogP) is 1.25. The summed E-state index contributed by atoms with van der Waals surface area (Å²) < 4.78 is 6.71. The Balaban J connectivity index is 1.81. The van der Waals surface area contributed by atoms with Crippen LogP contribution in [0.5, 0.6) is 0 Å². The number of aromatic nitrogens is 6. The van der Waals surface area contributed by atoms with Crippen molar-refractivity contribution >= 4 is 0 Å². The molecule has 0 amide bonds. The highest BCUT2D eigenvalue weighted by Gasteiger charge is 2.18. The molecule has 3 rings (SSSR count). The van der Waals surface area contributed by atoms with Crippen molar-refractivity contribution in [3.8, 4) is 5.69 Å². The molecular formula is C16H20N8O. The molecule has 0 aliphatic heterocycles. The summed E-state index contributed by atoms with van der Waals surface area (Å²) in [6.45, 7) is 7.41. The van der Waals surface area contributed by atoms with E-state index in [1.807, 2.05) is 18.2 Å². The molecule has 0 saturated carbocycles. The van der Waals surface area contributed by atoms with Crippen LogP contribution in [0.2, 0.25) is 0 Å². The lowest BCUT2D eigenvalue weighted by Gasteiger charge is -2.27. The fraction of sp³-hybridized carbons (Fsp3) is 0.312. The second-order valence-electron chi connectivity index (χ2n) is 5.55. The smallest absolute Gasteiger partial charge is 0.240 e. The maximum absolute atomic E-state index is 5.52. The van der Waals surface area contributed by atoms with Gasteiger partial charge in [-0.1, -0.05) is 23.4 Å². The molecule has 2 N–H and O–H groups in total. The summed E-state index contributed by atoms with van der Waals surface area (Å²) >= 11 is 0. The van der Waals surface area contributed by atoms with Crippen molar-refractivity contribution in [2.24, 2.45) is 5.73 Å². The number of nitrogens with two attached hydrogens (primary N) is 1. The first-order valence-electron chi connectivity index (χ1n) is 7.91. The first-order valence-corrected chi connectivity index (χ1v) is 7.91. The summed E-state index contributed by atoms with van der Waals surface area (Å²) in [4.78, 5) is 6.47. The molecule has 0 bridgehead atoms. The van der Waals surface area contributed by atoms with Crippen molar-refractivity contribution < 1.29 is 4.52 Å². The van der Waals surface area contributed by atoms with E-state index in [-0.39, 0.29) is 12.6 Å². The fourth-order valence-electron chi connectivity index (χ4n) is 2.56. The first-order chi connectivity index (χ1) is 12.2. The van der Waals surface area contributed by atoms with Crippen LogP contribution >= 0.6 is 0 Å². The van der Waals surface area contributed by atoms with Gasteiger partial charge in [-0.3, -0.25) is 4.90 Å². The molecule has 0 saturated heterocycles. The zero-order valence-corrected chi connectivity index (χ0v) is 14.0. The number of rotatable bonds is 8. The Morgan fingerprint density at radius 2 is 2.32 bits per heavy atom. The zero-order valence-electron chi connectivity index (χ0n) is 14.0. The van der Waals surface area contributed by atoms with Crippen molar-refractivity contribution in [1.29, 1.82) is 0 Å². The SMILES string of the molecule is C=CCN(Cc1noc(CN)n1)C(C)c1cccc(-n2cnnn2)c1. The van der Waals surface area contributed by atoms with Crippen LogP contribution in [-0.4, -0.2) is 41.8 Å². The quantitative estimate of drug-likeness (QED) is 0.610. The molecule has 3 aromatic rings. The molecule has 0 aliphatic rings. The van der Waals surface area contributed by atoms with Crippen LogP contribution in [0, 0.1) is 0 Å². The Kier molecular flexibility index (Phi) is 5.26. The van der Waals surface area contributed by atoms with Gasteiger partial charge < -0.3 is 10.3 Å². The minimum absolute atomic E-state index is 0.106. The predicted molar refractivity (Wildman–Crippen MR) is 90.4 cm³/mol. The average Bonchev–Trinajstić information content (AvgIpc) is 3.32. The van der Waals surface area contributed by atoms with E-state index in [1.54, 1.807) is 11.0 Å². The Morgan fingerprint density at radius 1 is 1.44 bits per heavy atom. The van der Waals surface area contributed by atoms with E-state index in [0.29, 0.717) is 24.8 Å². The maximum atomic E-state index is 5.52. The minimum atomic E-state index is 0.106. The van der Waals surface area contributed by atoms with Gasteiger partial charge in [0, 0.05) is 12.6 Å². The average molecular weight is 340 g/mol. The molecule has 1 atom stereocenters. The van der Waals surface area contributed by atoms with E-state index >= 15 is 0 Å². The van der Waals surface area contributed by atoms with E-state index in [9.17, 15) is 0 Å². The van der Waals surface area contributed by atoms with Crippen LogP contribution < -0.4 is 5.73 Å². The van der Waals surface area contributed by atoms with Gasteiger partial charge in [0.1, 0.15) is 6.33 Å². The van der Waals surface area contributed by atoms with E-state index in [1.165, 1.54) is 0 Å². The molecule has 1 aromatic carbocycles. The second-order valence-corrected chi connectivity index (χ2v) is 5.55. The third kappa shape index (κ3) is 3.95. The number of hydrogen-bond donors (Lipinski definition) is 1. The lowest BCUT2D eigenvalue weighted by molar-refractivity contribution is 0.216. The van der Waals surface area contributed by atoms with Crippen molar-refractivity contribution in [2.45, 2.75) is 26.1 Å². The van der Waals surface area contributed by atoms with E-state index in [0.717, 1.165) is 11.3 Å². The van der Waals surface area contributed by atoms with Crippen LogP contribution in [0.3, 0.4) is 0 Å². The van der Waals surface area contributed by atoms with Crippen LogP contribution in [0.1, 0.15) is 30.2 Å². The van der Waals surface area contributed by atoms with Gasteiger partial charge in [-0.25, -0.2) is 4.68 Å². The molecule has 9 heteroatoms. The molecule has 0 radical (unpaired) electrons. The highest BCUT2D eigenvalue weighted by atomic mass is 16.5. The normalized spacial score (nSPS) is 12.4. The number of hydrogen-bond acceptors (Lipinski definition) is 8. The Bertz CT molecular complexity index is 813. The molecule has 25 heavy (non-hydrogen) atoms. The van der Waals surface area contributed by atoms with Crippen molar-refractivity contribution in [3.63, 3.8) is 0 Å². The number of benzene rings is 1. The van der Waals surface area contributed by atoms with Crippen molar-refractivity contribution in [2.75, 3.05) is 6.54 Å². The van der Waals surface area contributed by atoms with Crippen LogP contribution in [-0.2, 0) is 13.1 Å². The summed E-state index contributed by atoms with van der Waals surface area (Å²) in [7, 11) is 0. The minimum Gasteiger partial charge on any atom is -0.338 e. The molecule has 2 aromatic heterocycles. The lowest BCUT2D eigenvalue weighted by Crippen LogP contribution is -2.27. The fourth-order valence-corrected chi connectivity index (χ4v) is 2.56. The monoisotopic (exact) mass is 340 g/mol. The highest BCUT2D eigenvalue weighted by molar-refractivity contribution is 5.35. The lowest BCUT2D eigenvalue weighted by atomic mass is 10.1. The molecule has 2 heterocycles. The number of tetrazole rings is 1. The van der Waals surface area contributed by atoms with Gasteiger partial charge in [0.15, 0.2) is 5.82 Å². The topological polar surface area (TPSA) is 112 Å².